The molecule has 202 valence electrons. The first-order valence-electron chi connectivity index (χ1n) is 12.2. The molecule has 40 heavy (non-hydrogen) atoms. The topological polar surface area (TPSA) is 108 Å². The molecule has 0 unspecified atom stereocenters. The van der Waals surface area contributed by atoms with Crippen LogP contribution in [-0.2, 0) is 6.61 Å². The third kappa shape index (κ3) is 6.24. The molecular weight excluding hydrogens is 578 g/mol. The van der Waals surface area contributed by atoms with Crippen molar-refractivity contribution in [2.75, 3.05) is 0 Å². The van der Waals surface area contributed by atoms with Crippen LogP contribution in [-0.4, -0.2) is 22.7 Å². The fourth-order valence-electron chi connectivity index (χ4n) is 3.97. The number of amides is 1. The maximum Gasteiger partial charge on any atom is 0.379 e. The van der Waals surface area contributed by atoms with E-state index in [2.05, 4.69) is 57.0 Å². The van der Waals surface area contributed by atoms with E-state index in [0.717, 1.165) is 21.5 Å². The van der Waals surface area contributed by atoms with Gasteiger partial charge in [0.2, 0.25) is 5.76 Å². The van der Waals surface area contributed by atoms with Crippen molar-refractivity contribution in [2.24, 2.45) is 5.10 Å². The molecule has 0 aliphatic heterocycles. The highest BCUT2D eigenvalue weighted by atomic mass is 79.9. The molecule has 0 radical (unpaired) electrons. The summed E-state index contributed by atoms with van der Waals surface area (Å²) in [4.78, 5) is 24.8. The third-order valence-electron chi connectivity index (χ3n) is 5.90. The van der Waals surface area contributed by atoms with Gasteiger partial charge in [-0.1, -0.05) is 15.9 Å². The zero-order valence-electron chi connectivity index (χ0n) is 21.6. The number of aromatic nitrogens is 1. The minimum Gasteiger partial charge on any atom is -0.486 e. The lowest BCUT2D eigenvalue weighted by atomic mass is 10.2. The number of benzene rings is 2. The average molecular weight is 602 g/mol. The molecule has 5 rings (SSSR count). The fourth-order valence-corrected chi connectivity index (χ4v) is 4.35. The summed E-state index contributed by atoms with van der Waals surface area (Å²) < 4.78 is 24.8. The number of halogens is 1. The number of nitrogens with zero attached hydrogens (tertiary/aromatic N) is 2. The second-order valence-corrected chi connectivity index (χ2v) is 9.66. The first kappa shape index (κ1) is 26.8. The smallest absolute Gasteiger partial charge is 0.379 e. The summed E-state index contributed by atoms with van der Waals surface area (Å²) in [5.41, 5.74) is 6.23. The molecule has 0 saturated carbocycles. The lowest BCUT2D eigenvalue weighted by Crippen LogP contribution is -2.17. The van der Waals surface area contributed by atoms with Gasteiger partial charge in [-0.2, -0.15) is 5.10 Å². The molecule has 0 spiro atoms. The summed E-state index contributed by atoms with van der Waals surface area (Å²) in [6.45, 7) is 4.28. The van der Waals surface area contributed by atoms with Crippen molar-refractivity contribution < 1.29 is 27.9 Å². The van der Waals surface area contributed by atoms with E-state index in [-0.39, 0.29) is 23.9 Å². The molecule has 5 aromatic rings. The molecule has 0 aliphatic carbocycles. The maximum atomic E-state index is 12.5. The molecule has 0 atom stereocenters. The highest BCUT2D eigenvalue weighted by Gasteiger charge is 2.15. The molecule has 3 heterocycles. The standard InChI is InChI=1S/C30H24BrN3O6/c1-19-5-6-20(2)34(19)23-8-10-24(11-9-23)38-18-25-12-14-27(39-25)29(35)33-32-17-21-16-22(31)7-13-26(21)40-30(36)28-4-3-15-37-28/h3-17H,18H2,1-2H3,(H,33,35)/b32-17-. The zero-order chi connectivity index (χ0) is 28.1. The van der Waals surface area contributed by atoms with Crippen LogP contribution in [0.3, 0.4) is 0 Å². The summed E-state index contributed by atoms with van der Waals surface area (Å²) in [6, 6.07) is 23.2. The Hall–Kier alpha value is -4.83. The lowest BCUT2D eigenvalue weighted by Gasteiger charge is -2.10. The molecule has 9 nitrogen and oxygen atoms in total. The number of furan rings is 2. The zero-order valence-corrected chi connectivity index (χ0v) is 23.2. The Morgan fingerprint density at radius 2 is 1.75 bits per heavy atom. The first-order chi connectivity index (χ1) is 19.4. The van der Waals surface area contributed by atoms with Crippen LogP contribution in [0.1, 0.15) is 43.8 Å². The third-order valence-corrected chi connectivity index (χ3v) is 6.39. The van der Waals surface area contributed by atoms with Gasteiger partial charge in [-0.3, -0.25) is 4.79 Å². The number of hydrazone groups is 1. The second kappa shape index (κ2) is 11.9. The quantitative estimate of drug-likeness (QED) is 0.0881. The number of hydrogen-bond donors (Lipinski definition) is 1. The highest BCUT2D eigenvalue weighted by molar-refractivity contribution is 9.10. The van der Waals surface area contributed by atoms with Crippen LogP contribution in [0, 0.1) is 13.8 Å². The number of esters is 1. The first-order valence-corrected chi connectivity index (χ1v) is 13.0. The summed E-state index contributed by atoms with van der Waals surface area (Å²) in [6.07, 6.45) is 2.74. The van der Waals surface area contributed by atoms with Gasteiger partial charge in [0, 0.05) is 27.1 Å². The van der Waals surface area contributed by atoms with E-state index in [1.54, 1.807) is 36.4 Å². The summed E-state index contributed by atoms with van der Waals surface area (Å²) in [5, 5.41) is 3.98. The van der Waals surface area contributed by atoms with Crippen molar-refractivity contribution in [3.05, 3.63) is 124 Å². The Labute approximate surface area is 238 Å². The average Bonchev–Trinajstić information content (AvgIpc) is 3.71. The van der Waals surface area contributed by atoms with Gasteiger partial charge < -0.3 is 22.9 Å². The van der Waals surface area contributed by atoms with Crippen LogP contribution in [0.2, 0.25) is 0 Å². The number of carbonyl (C=O) groups is 2. The van der Waals surface area contributed by atoms with Crippen LogP contribution >= 0.6 is 15.9 Å². The van der Waals surface area contributed by atoms with E-state index in [1.165, 1.54) is 18.5 Å². The van der Waals surface area contributed by atoms with Gasteiger partial charge in [0.15, 0.2) is 5.76 Å². The molecule has 3 aromatic heterocycles. The number of carbonyl (C=O) groups excluding carboxylic acids is 2. The maximum absolute atomic E-state index is 12.5. The monoisotopic (exact) mass is 601 g/mol. The Kier molecular flexibility index (Phi) is 7.97. The van der Waals surface area contributed by atoms with Crippen LogP contribution in [0.25, 0.3) is 5.69 Å². The van der Waals surface area contributed by atoms with Crippen molar-refractivity contribution in [2.45, 2.75) is 20.5 Å². The molecule has 0 saturated heterocycles. The molecule has 1 amide bonds. The van der Waals surface area contributed by atoms with E-state index < -0.39 is 11.9 Å². The Morgan fingerprint density at radius 3 is 2.48 bits per heavy atom. The molecule has 0 fully saturated rings. The predicted octanol–water partition coefficient (Wildman–Crippen LogP) is 6.60. The van der Waals surface area contributed by atoms with Crippen LogP contribution in [0.5, 0.6) is 11.5 Å². The van der Waals surface area contributed by atoms with Crippen LogP contribution in [0.4, 0.5) is 0 Å². The molecule has 2 aromatic carbocycles. The van der Waals surface area contributed by atoms with E-state index >= 15 is 0 Å². The number of hydrogen-bond acceptors (Lipinski definition) is 7. The van der Waals surface area contributed by atoms with Crippen molar-refractivity contribution in [1.82, 2.24) is 9.99 Å². The molecular formula is C30H24BrN3O6. The minimum absolute atomic E-state index is 0.0656. The second-order valence-electron chi connectivity index (χ2n) is 8.75. The number of ether oxygens (including phenoxy) is 2. The molecule has 0 bridgehead atoms. The van der Waals surface area contributed by atoms with Gasteiger partial charge in [-0.25, -0.2) is 10.2 Å². The Morgan fingerprint density at radius 1 is 0.975 bits per heavy atom. The normalized spacial score (nSPS) is 11.1. The lowest BCUT2D eigenvalue weighted by molar-refractivity contribution is 0.0700. The van der Waals surface area contributed by atoms with Gasteiger partial charge in [0.25, 0.3) is 0 Å². The van der Waals surface area contributed by atoms with Crippen molar-refractivity contribution in [3.8, 4) is 17.2 Å². The summed E-state index contributed by atoms with van der Waals surface area (Å²) >= 11 is 3.38. The Balaban J connectivity index is 1.17. The van der Waals surface area contributed by atoms with Gasteiger partial charge in [0.05, 0.1) is 12.5 Å². The van der Waals surface area contributed by atoms with E-state index in [0.29, 0.717) is 17.1 Å². The molecule has 0 aliphatic rings. The van der Waals surface area contributed by atoms with Gasteiger partial charge in [-0.05, 0) is 92.7 Å². The van der Waals surface area contributed by atoms with Gasteiger partial charge in [0.1, 0.15) is 23.9 Å². The number of rotatable bonds is 9. The van der Waals surface area contributed by atoms with Crippen molar-refractivity contribution >= 4 is 34.0 Å². The summed E-state index contributed by atoms with van der Waals surface area (Å²) in [7, 11) is 0. The van der Waals surface area contributed by atoms with E-state index in [9.17, 15) is 9.59 Å². The predicted molar refractivity (Wildman–Crippen MR) is 151 cm³/mol. The van der Waals surface area contributed by atoms with Crippen molar-refractivity contribution in [3.63, 3.8) is 0 Å². The number of aryl methyl sites for hydroxylation is 2. The van der Waals surface area contributed by atoms with Crippen LogP contribution < -0.4 is 14.9 Å². The van der Waals surface area contributed by atoms with Crippen LogP contribution in [0.15, 0.2) is 104 Å². The van der Waals surface area contributed by atoms with E-state index in [1.807, 2.05) is 24.3 Å². The summed E-state index contributed by atoms with van der Waals surface area (Å²) in [5.74, 6) is 0.336. The van der Waals surface area contributed by atoms with Gasteiger partial charge in [-0.15, -0.1) is 0 Å². The van der Waals surface area contributed by atoms with Gasteiger partial charge >= 0.3 is 11.9 Å². The Bertz CT molecular complexity index is 1650. The number of nitrogens with one attached hydrogen (secondary N) is 1. The largest absolute Gasteiger partial charge is 0.486 e. The minimum atomic E-state index is -0.654. The van der Waals surface area contributed by atoms with E-state index in [4.69, 9.17) is 18.3 Å². The fraction of sp³-hybridized carbons (Fsp3) is 0.100. The highest BCUT2D eigenvalue weighted by Crippen LogP contribution is 2.23. The molecule has 10 heteroatoms. The molecule has 1 N–H and O–H groups in total. The van der Waals surface area contributed by atoms with Crippen molar-refractivity contribution in [1.29, 1.82) is 0 Å². The SMILES string of the molecule is Cc1ccc(C)n1-c1ccc(OCc2ccc(C(=O)N/N=C\c3cc(Br)ccc3OC(=O)c3ccco3)o2)cc1.